The summed E-state index contributed by atoms with van der Waals surface area (Å²) in [6.07, 6.45) is 1.16. The van der Waals surface area contributed by atoms with E-state index in [0.29, 0.717) is 12.0 Å². The highest BCUT2D eigenvalue weighted by Gasteiger charge is 2.24. The number of hydrogen-bond acceptors (Lipinski definition) is 1. The Labute approximate surface area is 115 Å². The third kappa shape index (κ3) is 4.27. The molecule has 0 fully saturated rings. The molecule has 0 saturated carbocycles. The molecule has 0 saturated heterocycles. The van der Waals surface area contributed by atoms with Gasteiger partial charge in [0.15, 0.2) is 0 Å². The first-order chi connectivity index (χ1) is 8.77. The third-order valence-electron chi connectivity index (χ3n) is 3.56. The zero-order valence-corrected chi connectivity index (χ0v) is 12.6. The van der Waals surface area contributed by atoms with Crippen molar-refractivity contribution in [2.45, 2.75) is 53.5 Å². The summed E-state index contributed by atoms with van der Waals surface area (Å²) in [5.41, 5.74) is 0.798. The predicted molar refractivity (Wildman–Crippen MR) is 76.3 cm³/mol. The summed E-state index contributed by atoms with van der Waals surface area (Å²) in [5, 5.41) is 3.40. The van der Waals surface area contributed by atoms with Gasteiger partial charge in [-0.05, 0) is 43.4 Å². The molecule has 19 heavy (non-hydrogen) atoms. The molecule has 1 aromatic carbocycles. The van der Waals surface area contributed by atoms with Crippen LogP contribution in [0.15, 0.2) is 12.1 Å². The Morgan fingerprint density at radius 1 is 1.21 bits per heavy atom. The van der Waals surface area contributed by atoms with Gasteiger partial charge in [-0.2, -0.15) is 0 Å². The van der Waals surface area contributed by atoms with Crippen LogP contribution in [-0.4, -0.2) is 12.6 Å². The van der Waals surface area contributed by atoms with E-state index in [4.69, 9.17) is 0 Å². The fourth-order valence-corrected chi connectivity index (χ4v) is 2.32. The summed E-state index contributed by atoms with van der Waals surface area (Å²) in [7, 11) is 0. The number of nitrogens with one attached hydrogen (secondary N) is 1. The highest BCUT2D eigenvalue weighted by atomic mass is 19.1. The van der Waals surface area contributed by atoms with Gasteiger partial charge in [-0.25, -0.2) is 8.78 Å². The smallest absolute Gasteiger partial charge is 0.132 e. The highest BCUT2D eigenvalue weighted by Crippen LogP contribution is 2.25. The molecule has 0 bridgehead atoms. The Bertz CT molecular complexity index is 421. The van der Waals surface area contributed by atoms with Crippen molar-refractivity contribution in [2.75, 3.05) is 6.54 Å². The van der Waals surface area contributed by atoms with Crippen molar-refractivity contribution in [1.29, 1.82) is 0 Å². The van der Waals surface area contributed by atoms with Crippen LogP contribution in [0.4, 0.5) is 8.78 Å². The molecule has 0 spiro atoms. The second-order valence-electron chi connectivity index (χ2n) is 6.17. The van der Waals surface area contributed by atoms with E-state index in [1.165, 1.54) is 12.1 Å². The molecule has 1 unspecified atom stereocenters. The maximum atomic E-state index is 13.9. The van der Waals surface area contributed by atoms with Crippen LogP contribution in [0.5, 0.6) is 0 Å². The van der Waals surface area contributed by atoms with E-state index >= 15 is 0 Å². The van der Waals surface area contributed by atoms with Gasteiger partial charge in [-0.1, -0.05) is 33.8 Å². The minimum atomic E-state index is -0.438. The van der Waals surface area contributed by atoms with Crippen molar-refractivity contribution in [1.82, 2.24) is 5.32 Å². The SMILES string of the molecule is CCNC(CCc1c(F)ccc(C)c1F)C(C)(C)C. The van der Waals surface area contributed by atoms with E-state index < -0.39 is 11.6 Å². The largest absolute Gasteiger partial charge is 0.314 e. The molecule has 1 N–H and O–H groups in total. The molecule has 1 rings (SSSR count). The molecule has 0 aromatic heterocycles. The lowest BCUT2D eigenvalue weighted by atomic mass is 9.83. The molecule has 3 heteroatoms. The zero-order valence-electron chi connectivity index (χ0n) is 12.6. The zero-order chi connectivity index (χ0) is 14.6. The van der Waals surface area contributed by atoms with Crippen LogP contribution in [0.2, 0.25) is 0 Å². The maximum absolute atomic E-state index is 13.9. The van der Waals surface area contributed by atoms with Crippen molar-refractivity contribution < 1.29 is 8.78 Å². The Hall–Kier alpha value is -0.960. The standard InChI is InChI=1S/C16H25F2N/c1-6-19-14(16(3,4)5)10-8-12-13(17)9-7-11(2)15(12)18/h7,9,14,19H,6,8,10H2,1-5H3. The Morgan fingerprint density at radius 3 is 2.37 bits per heavy atom. The normalized spacial score (nSPS) is 13.6. The highest BCUT2D eigenvalue weighted by molar-refractivity contribution is 5.26. The lowest BCUT2D eigenvalue weighted by molar-refractivity contribution is 0.257. The number of hydrogen-bond donors (Lipinski definition) is 1. The van der Waals surface area contributed by atoms with E-state index in [0.717, 1.165) is 13.0 Å². The summed E-state index contributed by atoms with van der Waals surface area (Å²) in [6.45, 7) is 11.0. The molecule has 0 heterocycles. The van der Waals surface area contributed by atoms with E-state index in [2.05, 4.69) is 26.1 Å². The summed E-state index contributed by atoms with van der Waals surface area (Å²) in [5.74, 6) is -0.837. The molecule has 0 aliphatic carbocycles. The first kappa shape index (κ1) is 16.1. The van der Waals surface area contributed by atoms with Gasteiger partial charge >= 0.3 is 0 Å². The van der Waals surface area contributed by atoms with Gasteiger partial charge in [-0.15, -0.1) is 0 Å². The minimum absolute atomic E-state index is 0.0762. The molecule has 0 aliphatic heterocycles. The molecule has 108 valence electrons. The number of aryl methyl sites for hydroxylation is 1. The van der Waals surface area contributed by atoms with Crippen LogP contribution in [-0.2, 0) is 6.42 Å². The van der Waals surface area contributed by atoms with Crippen LogP contribution >= 0.6 is 0 Å². The van der Waals surface area contributed by atoms with Crippen molar-refractivity contribution in [3.05, 3.63) is 34.9 Å². The fraction of sp³-hybridized carbons (Fsp3) is 0.625. The van der Waals surface area contributed by atoms with Crippen molar-refractivity contribution in [3.63, 3.8) is 0 Å². The molecule has 0 radical (unpaired) electrons. The van der Waals surface area contributed by atoms with Gasteiger partial charge in [0.1, 0.15) is 11.6 Å². The lowest BCUT2D eigenvalue weighted by Crippen LogP contribution is -2.40. The van der Waals surface area contributed by atoms with Crippen LogP contribution < -0.4 is 5.32 Å². The maximum Gasteiger partial charge on any atom is 0.132 e. The molecular weight excluding hydrogens is 244 g/mol. The quantitative estimate of drug-likeness (QED) is 0.843. The van der Waals surface area contributed by atoms with Crippen LogP contribution in [0.3, 0.4) is 0 Å². The molecule has 1 aromatic rings. The van der Waals surface area contributed by atoms with E-state index in [-0.39, 0.29) is 17.0 Å². The number of halogens is 2. The average Bonchev–Trinajstić information content (AvgIpc) is 2.31. The van der Waals surface area contributed by atoms with Crippen LogP contribution in [0.1, 0.15) is 45.2 Å². The van der Waals surface area contributed by atoms with Crippen molar-refractivity contribution >= 4 is 0 Å². The summed E-state index contributed by atoms with van der Waals surface area (Å²) >= 11 is 0. The van der Waals surface area contributed by atoms with Gasteiger partial charge in [0, 0.05) is 11.6 Å². The van der Waals surface area contributed by atoms with Gasteiger partial charge in [0.25, 0.3) is 0 Å². The third-order valence-corrected chi connectivity index (χ3v) is 3.56. The molecule has 0 amide bonds. The lowest BCUT2D eigenvalue weighted by Gasteiger charge is -2.31. The van der Waals surface area contributed by atoms with E-state index in [9.17, 15) is 8.78 Å². The van der Waals surface area contributed by atoms with Crippen LogP contribution in [0, 0.1) is 24.0 Å². The summed E-state index contributed by atoms with van der Waals surface area (Å²) in [6, 6.07) is 3.09. The van der Waals surface area contributed by atoms with E-state index in [1.807, 2.05) is 6.92 Å². The summed E-state index contributed by atoms with van der Waals surface area (Å²) < 4.78 is 27.6. The average molecular weight is 269 g/mol. The van der Waals surface area contributed by atoms with Gasteiger partial charge in [-0.3, -0.25) is 0 Å². The predicted octanol–water partition coefficient (Wildman–Crippen LogP) is 4.23. The second kappa shape index (κ2) is 6.47. The van der Waals surface area contributed by atoms with Crippen molar-refractivity contribution in [2.24, 2.45) is 5.41 Å². The van der Waals surface area contributed by atoms with Crippen LogP contribution in [0.25, 0.3) is 0 Å². The molecular formula is C16H25F2N. The number of rotatable bonds is 5. The number of benzene rings is 1. The molecule has 1 atom stereocenters. The molecule has 0 aliphatic rings. The van der Waals surface area contributed by atoms with Gasteiger partial charge in [0.2, 0.25) is 0 Å². The topological polar surface area (TPSA) is 12.0 Å². The fourth-order valence-electron chi connectivity index (χ4n) is 2.32. The first-order valence-electron chi connectivity index (χ1n) is 6.94. The second-order valence-corrected chi connectivity index (χ2v) is 6.17. The first-order valence-corrected chi connectivity index (χ1v) is 6.94. The Balaban J connectivity index is 2.83. The van der Waals surface area contributed by atoms with E-state index in [1.54, 1.807) is 6.92 Å². The summed E-state index contributed by atoms with van der Waals surface area (Å²) in [4.78, 5) is 0. The molecule has 1 nitrogen and oxygen atoms in total. The van der Waals surface area contributed by atoms with Gasteiger partial charge < -0.3 is 5.32 Å². The Kier molecular flexibility index (Phi) is 5.48. The van der Waals surface area contributed by atoms with Crippen molar-refractivity contribution in [3.8, 4) is 0 Å². The monoisotopic (exact) mass is 269 g/mol. The Morgan fingerprint density at radius 2 is 1.84 bits per heavy atom. The minimum Gasteiger partial charge on any atom is -0.314 e. The van der Waals surface area contributed by atoms with Gasteiger partial charge in [0.05, 0.1) is 0 Å².